The number of aromatic nitrogens is 3. The van der Waals surface area contributed by atoms with Crippen molar-refractivity contribution in [3.8, 4) is 0 Å². The van der Waals surface area contributed by atoms with Crippen LogP contribution in [-0.4, -0.2) is 32.6 Å². The quantitative estimate of drug-likeness (QED) is 0.820. The van der Waals surface area contributed by atoms with Gasteiger partial charge < -0.3 is 14.0 Å². The molecule has 0 spiro atoms. The highest BCUT2D eigenvalue weighted by molar-refractivity contribution is 5.79. The molecule has 2 aromatic heterocycles. The van der Waals surface area contributed by atoms with Crippen LogP contribution in [-0.2, 0) is 11.3 Å². The summed E-state index contributed by atoms with van der Waals surface area (Å²) in [6.45, 7) is 4.17. The van der Waals surface area contributed by atoms with Gasteiger partial charge in [-0.2, -0.15) is 0 Å². The lowest BCUT2D eigenvalue weighted by atomic mass is 10.2. The molecule has 18 heavy (non-hydrogen) atoms. The van der Waals surface area contributed by atoms with Gasteiger partial charge >= 0.3 is 0 Å². The molecule has 0 aromatic carbocycles. The van der Waals surface area contributed by atoms with E-state index in [0.717, 1.165) is 11.5 Å². The molecule has 0 saturated carbocycles. The highest BCUT2D eigenvalue weighted by Crippen LogP contribution is 2.13. The van der Waals surface area contributed by atoms with Crippen LogP contribution >= 0.6 is 0 Å². The zero-order valence-electron chi connectivity index (χ0n) is 10.7. The van der Waals surface area contributed by atoms with E-state index in [2.05, 4.69) is 10.1 Å². The van der Waals surface area contributed by atoms with Gasteiger partial charge in [0.05, 0.1) is 6.54 Å². The minimum atomic E-state index is -0.274. The van der Waals surface area contributed by atoms with Crippen LogP contribution in [0.3, 0.4) is 0 Å². The second-order valence-corrected chi connectivity index (χ2v) is 4.24. The van der Waals surface area contributed by atoms with Crippen LogP contribution in [0, 0.1) is 6.92 Å². The molecule has 2 aromatic rings. The number of aryl methyl sites for hydroxylation is 1. The van der Waals surface area contributed by atoms with Crippen molar-refractivity contribution < 1.29 is 9.32 Å². The maximum absolute atomic E-state index is 12.2. The van der Waals surface area contributed by atoms with E-state index in [4.69, 9.17) is 4.52 Å². The second kappa shape index (κ2) is 5.03. The van der Waals surface area contributed by atoms with E-state index < -0.39 is 0 Å². The number of carbonyl (C=O) groups excluding carboxylic acids is 1. The largest absolute Gasteiger partial charge is 0.364 e. The van der Waals surface area contributed by atoms with Gasteiger partial charge in [0.1, 0.15) is 23.8 Å². The Morgan fingerprint density at radius 1 is 1.61 bits per heavy atom. The van der Waals surface area contributed by atoms with Crippen LogP contribution in [0.1, 0.15) is 24.5 Å². The van der Waals surface area contributed by atoms with Gasteiger partial charge in [-0.25, -0.2) is 4.98 Å². The van der Waals surface area contributed by atoms with E-state index in [1.165, 1.54) is 6.26 Å². The molecule has 6 nitrogen and oxygen atoms in total. The summed E-state index contributed by atoms with van der Waals surface area (Å²) in [5, 5.41) is 3.79. The van der Waals surface area contributed by atoms with Gasteiger partial charge in [-0.1, -0.05) is 5.16 Å². The van der Waals surface area contributed by atoms with Crippen molar-refractivity contribution in [3.63, 3.8) is 0 Å². The molecule has 2 rings (SSSR count). The van der Waals surface area contributed by atoms with E-state index in [9.17, 15) is 4.79 Å². The minimum absolute atomic E-state index is 0.0131. The number of hydrogen-bond donors (Lipinski definition) is 0. The van der Waals surface area contributed by atoms with Crippen LogP contribution in [0.15, 0.2) is 29.2 Å². The molecule has 1 amide bonds. The Kier molecular flexibility index (Phi) is 3.45. The monoisotopic (exact) mass is 248 g/mol. The molecular formula is C12H16N4O2. The van der Waals surface area contributed by atoms with Gasteiger partial charge in [-0.3, -0.25) is 4.79 Å². The molecule has 0 saturated heterocycles. The predicted molar refractivity (Wildman–Crippen MR) is 64.7 cm³/mol. The van der Waals surface area contributed by atoms with Gasteiger partial charge in [0, 0.05) is 25.5 Å². The summed E-state index contributed by atoms with van der Waals surface area (Å²) in [6.07, 6.45) is 5.00. The zero-order valence-corrected chi connectivity index (χ0v) is 10.7. The lowest BCUT2D eigenvalue weighted by Gasteiger charge is -2.22. The summed E-state index contributed by atoms with van der Waals surface area (Å²) in [5.41, 5.74) is 0.736. The molecule has 2 heterocycles. The average Bonchev–Trinajstić information content (AvgIpc) is 2.98. The SMILES string of the molecule is Cc1nccn1[C@@H](C)C(=O)N(C)Cc1ccon1. The van der Waals surface area contributed by atoms with Gasteiger partial charge in [-0.05, 0) is 13.8 Å². The predicted octanol–water partition coefficient (Wildman–Crippen LogP) is 1.40. The first-order chi connectivity index (χ1) is 8.59. The Bertz CT molecular complexity index is 518. The van der Waals surface area contributed by atoms with Crippen molar-refractivity contribution in [3.05, 3.63) is 36.2 Å². The number of imidazole rings is 1. The van der Waals surface area contributed by atoms with Crippen LogP contribution < -0.4 is 0 Å². The number of carbonyl (C=O) groups is 1. The van der Waals surface area contributed by atoms with Crippen LogP contribution in [0.4, 0.5) is 0 Å². The molecule has 0 bridgehead atoms. The zero-order chi connectivity index (χ0) is 13.1. The average molecular weight is 248 g/mol. The molecular weight excluding hydrogens is 232 g/mol. The van der Waals surface area contributed by atoms with Crippen molar-refractivity contribution in [2.45, 2.75) is 26.4 Å². The van der Waals surface area contributed by atoms with E-state index in [1.54, 1.807) is 24.2 Å². The van der Waals surface area contributed by atoms with E-state index in [-0.39, 0.29) is 11.9 Å². The molecule has 0 aliphatic rings. The third kappa shape index (κ3) is 2.42. The van der Waals surface area contributed by atoms with Crippen LogP contribution in [0.25, 0.3) is 0 Å². The first kappa shape index (κ1) is 12.3. The van der Waals surface area contributed by atoms with Crippen molar-refractivity contribution in [2.75, 3.05) is 7.05 Å². The number of hydrogen-bond acceptors (Lipinski definition) is 4. The van der Waals surface area contributed by atoms with Crippen LogP contribution in [0.5, 0.6) is 0 Å². The fourth-order valence-corrected chi connectivity index (χ4v) is 1.87. The maximum atomic E-state index is 12.2. The van der Waals surface area contributed by atoms with Gasteiger partial charge in [0.2, 0.25) is 5.91 Å². The van der Waals surface area contributed by atoms with Crippen molar-refractivity contribution in [2.24, 2.45) is 0 Å². The first-order valence-electron chi connectivity index (χ1n) is 5.73. The number of rotatable bonds is 4. The highest BCUT2D eigenvalue weighted by atomic mass is 16.5. The Morgan fingerprint density at radius 2 is 2.39 bits per heavy atom. The van der Waals surface area contributed by atoms with Gasteiger partial charge in [0.25, 0.3) is 0 Å². The summed E-state index contributed by atoms with van der Waals surface area (Å²) in [6, 6.07) is 1.47. The summed E-state index contributed by atoms with van der Waals surface area (Å²) >= 11 is 0. The summed E-state index contributed by atoms with van der Waals surface area (Å²) in [4.78, 5) is 18.0. The number of nitrogens with zero attached hydrogens (tertiary/aromatic N) is 4. The fourth-order valence-electron chi connectivity index (χ4n) is 1.87. The van der Waals surface area contributed by atoms with E-state index in [1.807, 2.05) is 24.6 Å². The molecule has 96 valence electrons. The van der Waals surface area contributed by atoms with Gasteiger partial charge in [0.15, 0.2) is 0 Å². The van der Waals surface area contributed by atoms with E-state index in [0.29, 0.717) is 6.54 Å². The van der Waals surface area contributed by atoms with Crippen molar-refractivity contribution in [1.82, 2.24) is 19.6 Å². The molecule has 0 radical (unpaired) electrons. The maximum Gasteiger partial charge on any atom is 0.245 e. The molecule has 0 aliphatic carbocycles. The topological polar surface area (TPSA) is 64.2 Å². The Labute approximate surface area is 105 Å². The Balaban J connectivity index is 2.05. The third-order valence-corrected chi connectivity index (χ3v) is 2.90. The van der Waals surface area contributed by atoms with Crippen molar-refractivity contribution in [1.29, 1.82) is 0 Å². The standard InChI is InChI=1S/C12H16N4O2/c1-9(16-6-5-13-10(16)2)12(17)15(3)8-11-4-7-18-14-11/h4-7,9H,8H2,1-3H3/t9-/m0/s1. The third-order valence-electron chi connectivity index (χ3n) is 2.90. The summed E-state index contributed by atoms with van der Waals surface area (Å²) < 4.78 is 6.59. The molecule has 6 heteroatoms. The number of likely N-dealkylation sites (N-methyl/N-ethyl adjacent to an activating group) is 1. The normalized spacial score (nSPS) is 12.4. The Hall–Kier alpha value is -2.11. The minimum Gasteiger partial charge on any atom is -0.364 e. The molecule has 0 fully saturated rings. The fraction of sp³-hybridized carbons (Fsp3) is 0.417. The first-order valence-corrected chi connectivity index (χ1v) is 5.73. The Morgan fingerprint density at radius 3 is 2.94 bits per heavy atom. The lowest BCUT2D eigenvalue weighted by molar-refractivity contribution is -0.133. The van der Waals surface area contributed by atoms with E-state index >= 15 is 0 Å². The molecule has 0 aliphatic heterocycles. The van der Waals surface area contributed by atoms with Crippen molar-refractivity contribution >= 4 is 5.91 Å². The van der Waals surface area contributed by atoms with Gasteiger partial charge in [-0.15, -0.1) is 0 Å². The molecule has 0 N–H and O–H groups in total. The summed E-state index contributed by atoms with van der Waals surface area (Å²) in [5.74, 6) is 0.838. The smallest absolute Gasteiger partial charge is 0.245 e. The highest BCUT2D eigenvalue weighted by Gasteiger charge is 2.20. The number of amides is 1. The molecule has 0 unspecified atom stereocenters. The summed E-state index contributed by atoms with van der Waals surface area (Å²) in [7, 11) is 1.75. The van der Waals surface area contributed by atoms with Crippen LogP contribution in [0.2, 0.25) is 0 Å². The molecule has 1 atom stereocenters. The second-order valence-electron chi connectivity index (χ2n) is 4.24. The lowest BCUT2D eigenvalue weighted by Crippen LogP contribution is -2.33.